The van der Waals surface area contributed by atoms with E-state index in [-0.39, 0.29) is 22.7 Å². The van der Waals surface area contributed by atoms with Crippen molar-refractivity contribution < 1.29 is 13.2 Å². The third-order valence-corrected chi connectivity index (χ3v) is 4.92. The SMILES string of the molecule is COc1c(Br)cc(Cl)cc1S(=O)(=O)NC1CC1N. The molecule has 5 nitrogen and oxygen atoms in total. The monoisotopic (exact) mass is 354 g/mol. The topological polar surface area (TPSA) is 81.4 Å². The normalized spacial score (nSPS) is 22.9. The van der Waals surface area contributed by atoms with Crippen LogP contribution < -0.4 is 15.2 Å². The minimum atomic E-state index is -3.69. The molecule has 0 heterocycles. The molecule has 1 aromatic carbocycles. The van der Waals surface area contributed by atoms with Crippen molar-refractivity contribution in [2.75, 3.05) is 7.11 Å². The molecule has 0 radical (unpaired) electrons. The van der Waals surface area contributed by atoms with Crippen molar-refractivity contribution >= 4 is 37.6 Å². The summed E-state index contributed by atoms with van der Waals surface area (Å²) in [5, 5.41) is 0.308. The summed E-state index contributed by atoms with van der Waals surface area (Å²) < 4.78 is 32.5. The fourth-order valence-electron chi connectivity index (χ4n) is 1.55. The zero-order chi connectivity index (χ0) is 13.5. The van der Waals surface area contributed by atoms with Crippen molar-refractivity contribution in [3.63, 3.8) is 0 Å². The van der Waals surface area contributed by atoms with Gasteiger partial charge in [0, 0.05) is 17.1 Å². The first kappa shape index (κ1) is 14.1. The van der Waals surface area contributed by atoms with Crippen LogP contribution in [0.4, 0.5) is 0 Å². The maximum absolute atomic E-state index is 12.2. The highest BCUT2D eigenvalue weighted by atomic mass is 79.9. The largest absolute Gasteiger partial charge is 0.494 e. The van der Waals surface area contributed by atoms with Gasteiger partial charge in [0.05, 0.1) is 11.6 Å². The zero-order valence-electron chi connectivity index (χ0n) is 9.48. The van der Waals surface area contributed by atoms with Crippen molar-refractivity contribution in [1.82, 2.24) is 4.72 Å². The van der Waals surface area contributed by atoms with Crippen LogP contribution >= 0.6 is 27.5 Å². The van der Waals surface area contributed by atoms with Gasteiger partial charge in [0.25, 0.3) is 0 Å². The standard InChI is InChI=1S/C10H12BrClN2O3S/c1-17-10-6(11)2-5(12)3-9(10)18(15,16)14-8-4-7(8)13/h2-3,7-8,14H,4,13H2,1H3. The number of ether oxygens (including phenoxy) is 1. The predicted molar refractivity (Wildman–Crippen MR) is 72.4 cm³/mol. The molecule has 18 heavy (non-hydrogen) atoms. The molecule has 1 aromatic rings. The molecule has 100 valence electrons. The molecular formula is C10H12BrClN2O3S. The molecule has 0 bridgehead atoms. The fraction of sp³-hybridized carbons (Fsp3) is 0.400. The van der Waals surface area contributed by atoms with Gasteiger partial charge in [-0.25, -0.2) is 13.1 Å². The molecule has 2 unspecified atom stereocenters. The number of benzene rings is 1. The fourth-order valence-corrected chi connectivity index (χ4v) is 4.23. The number of halogens is 2. The van der Waals surface area contributed by atoms with E-state index in [4.69, 9.17) is 22.1 Å². The minimum absolute atomic E-state index is 0.00322. The molecule has 0 aromatic heterocycles. The van der Waals surface area contributed by atoms with Crippen LogP contribution in [0.15, 0.2) is 21.5 Å². The number of sulfonamides is 1. The number of hydrogen-bond acceptors (Lipinski definition) is 4. The second-order valence-corrected chi connectivity index (χ2v) is 7.02. The second-order valence-electron chi connectivity index (χ2n) is 4.05. The van der Waals surface area contributed by atoms with Crippen LogP contribution in [-0.2, 0) is 10.0 Å². The molecule has 2 atom stereocenters. The number of methoxy groups -OCH3 is 1. The van der Waals surface area contributed by atoms with Crippen molar-refractivity contribution in [1.29, 1.82) is 0 Å². The molecule has 0 saturated heterocycles. The Labute approximate surface area is 119 Å². The van der Waals surface area contributed by atoms with Crippen LogP contribution in [0.3, 0.4) is 0 Å². The number of rotatable bonds is 4. The lowest BCUT2D eigenvalue weighted by Gasteiger charge is -2.12. The summed E-state index contributed by atoms with van der Waals surface area (Å²) in [6.45, 7) is 0. The average Bonchev–Trinajstić information content (AvgIpc) is 2.92. The molecule has 0 amide bonds. The molecular weight excluding hydrogens is 344 g/mol. The van der Waals surface area contributed by atoms with E-state index in [2.05, 4.69) is 20.7 Å². The van der Waals surface area contributed by atoms with E-state index in [0.717, 1.165) is 0 Å². The maximum Gasteiger partial charge on any atom is 0.244 e. The molecule has 3 N–H and O–H groups in total. The van der Waals surface area contributed by atoms with E-state index in [1.807, 2.05) is 0 Å². The van der Waals surface area contributed by atoms with Gasteiger partial charge < -0.3 is 10.5 Å². The first-order chi connectivity index (χ1) is 8.35. The summed E-state index contributed by atoms with van der Waals surface area (Å²) in [4.78, 5) is 0.00322. The lowest BCUT2D eigenvalue weighted by molar-refractivity contribution is 0.399. The van der Waals surface area contributed by atoms with Crippen molar-refractivity contribution in [2.45, 2.75) is 23.4 Å². The smallest absolute Gasteiger partial charge is 0.244 e. The molecule has 2 rings (SSSR count). The third-order valence-electron chi connectivity index (χ3n) is 2.61. The van der Waals surface area contributed by atoms with Crippen LogP contribution in [-0.4, -0.2) is 27.6 Å². The highest BCUT2D eigenvalue weighted by Gasteiger charge is 2.38. The van der Waals surface area contributed by atoms with Gasteiger partial charge in [-0.05, 0) is 34.5 Å². The molecule has 1 aliphatic rings. The van der Waals surface area contributed by atoms with E-state index in [1.54, 1.807) is 6.07 Å². The van der Waals surface area contributed by atoms with E-state index in [1.165, 1.54) is 13.2 Å². The lowest BCUT2D eigenvalue weighted by atomic mass is 10.3. The van der Waals surface area contributed by atoms with Gasteiger partial charge in [-0.15, -0.1) is 0 Å². The first-order valence-electron chi connectivity index (χ1n) is 5.16. The summed E-state index contributed by atoms with van der Waals surface area (Å²) in [6.07, 6.45) is 0.642. The van der Waals surface area contributed by atoms with Gasteiger partial charge in [0.2, 0.25) is 10.0 Å². The Morgan fingerprint density at radius 1 is 1.56 bits per heavy atom. The Balaban J connectivity index is 2.42. The van der Waals surface area contributed by atoms with Crippen LogP contribution in [0.5, 0.6) is 5.75 Å². The second kappa shape index (κ2) is 4.97. The molecule has 0 aliphatic heterocycles. The quantitative estimate of drug-likeness (QED) is 0.857. The van der Waals surface area contributed by atoms with E-state index < -0.39 is 10.0 Å². The van der Waals surface area contributed by atoms with Gasteiger partial charge in [0.15, 0.2) is 5.75 Å². The van der Waals surface area contributed by atoms with Gasteiger partial charge in [-0.1, -0.05) is 11.6 Å². The summed E-state index contributed by atoms with van der Waals surface area (Å²) in [5.74, 6) is 0.223. The zero-order valence-corrected chi connectivity index (χ0v) is 12.6. The average molecular weight is 356 g/mol. The highest BCUT2D eigenvalue weighted by Crippen LogP contribution is 2.36. The van der Waals surface area contributed by atoms with E-state index >= 15 is 0 Å². The lowest BCUT2D eigenvalue weighted by Crippen LogP contribution is -2.30. The molecule has 0 spiro atoms. The summed E-state index contributed by atoms with van der Waals surface area (Å²) in [7, 11) is -2.29. The summed E-state index contributed by atoms with van der Waals surface area (Å²) >= 11 is 9.08. The summed E-state index contributed by atoms with van der Waals surface area (Å²) in [5.41, 5.74) is 5.59. The van der Waals surface area contributed by atoms with Crippen LogP contribution in [0.1, 0.15) is 6.42 Å². The third kappa shape index (κ3) is 2.80. The van der Waals surface area contributed by atoms with Crippen LogP contribution in [0.2, 0.25) is 5.02 Å². The Kier molecular flexibility index (Phi) is 3.89. The van der Waals surface area contributed by atoms with Gasteiger partial charge in [-0.2, -0.15) is 0 Å². The molecule has 8 heteroatoms. The van der Waals surface area contributed by atoms with Crippen LogP contribution in [0, 0.1) is 0 Å². The first-order valence-corrected chi connectivity index (χ1v) is 7.81. The van der Waals surface area contributed by atoms with Gasteiger partial charge in [0.1, 0.15) is 4.90 Å². The van der Waals surface area contributed by atoms with Crippen molar-refractivity contribution in [3.05, 3.63) is 21.6 Å². The minimum Gasteiger partial charge on any atom is -0.494 e. The molecule has 1 saturated carbocycles. The van der Waals surface area contributed by atoms with E-state index in [9.17, 15) is 8.42 Å². The Bertz CT molecular complexity index is 579. The number of hydrogen-bond donors (Lipinski definition) is 2. The van der Waals surface area contributed by atoms with Crippen molar-refractivity contribution in [3.8, 4) is 5.75 Å². The molecule has 1 aliphatic carbocycles. The van der Waals surface area contributed by atoms with Crippen LogP contribution in [0.25, 0.3) is 0 Å². The number of nitrogens with two attached hydrogens (primary N) is 1. The summed E-state index contributed by atoms with van der Waals surface area (Å²) in [6, 6.07) is 2.59. The Morgan fingerprint density at radius 3 is 2.67 bits per heavy atom. The molecule has 1 fully saturated rings. The van der Waals surface area contributed by atoms with Gasteiger partial charge in [-0.3, -0.25) is 0 Å². The maximum atomic E-state index is 12.2. The Hall–Kier alpha value is -0.340. The highest BCUT2D eigenvalue weighted by molar-refractivity contribution is 9.10. The Morgan fingerprint density at radius 2 is 2.17 bits per heavy atom. The number of nitrogens with one attached hydrogen (secondary N) is 1. The van der Waals surface area contributed by atoms with Gasteiger partial charge >= 0.3 is 0 Å². The van der Waals surface area contributed by atoms with E-state index in [0.29, 0.717) is 15.9 Å². The predicted octanol–water partition coefficient (Wildman–Crippen LogP) is 1.49. The van der Waals surface area contributed by atoms with Crippen molar-refractivity contribution in [2.24, 2.45) is 5.73 Å².